The molecule has 0 saturated carbocycles. The quantitative estimate of drug-likeness (QED) is 0.222. The molecule has 0 amide bonds. The van der Waals surface area contributed by atoms with E-state index in [0.717, 1.165) is 25.7 Å². The topological polar surface area (TPSA) is 92.6 Å². The van der Waals surface area contributed by atoms with E-state index in [1.165, 1.54) is 51.4 Å². The molecule has 0 bridgehead atoms. The van der Waals surface area contributed by atoms with E-state index in [9.17, 15) is 9.90 Å². The van der Waals surface area contributed by atoms with Gasteiger partial charge in [-0.05, 0) is 26.7 Å². The van der Waals surface area contributed by atoms with Gasteiger partial charge < -0.3 is 16.6 Å². The van der Waals surface area contributed by atoms with E-state index in [1.807, 2.05) is 18.7 Å². The van der Waals surface area contributed by atoms with Crippen LogP contribution in [0.5, 0.6) is 0 Å². The van der Waals surface area contributed by atoms with E-state index in [-0.39, 0.29) is 12.3 Å². The van der Waals surface area contributed by atoms with Gasteiger partial charge in [-0.25, -0.2) is 0 Å². The zero-order chi connectivity index (χ0) is 20.7. The Balaban J connectivity index is 5.02. The largest absolute Gasteiger partial charge is 0.480 e. The SMILES string of the molecule is CCCCCCCCC(CCCCCCCC)(C(=O)O)N(C(C)N)C(C)N. The summed E-state index contributed by atoms with van der Waals surface area (Å²) in [7, 11) is 0. The van der Waals surface area contributed by atoms with Crippen LogP contribution in [0.25, 0.3) is 0 Å². The molecule has 162 valence electrons. The maximum Gasteiger partial charge on any atom is 0.324 e. The van der Waals surface area contributed by atoms with Crippen LogP contribution in [-0.4, -0.2) is 33.8 Å². The van der Waals surface area contributed by atoms with Crippen LogP contribution in [0.2, 0.25) is 0 Å². The number of hydrogen-bond donors (Lipinski definition) is 3. The monoisotopic (exact) mass is 385 g/mol. The molecule has 5 N–H and O–H groups in total. The molecular weight excluding hydrogens is 338 g/mol. The second kappa shape index (κ2) is 15.3. The lowest BCUT2D eigenvalue weighted by atomic mass is 9.83. The molecule has 0 aliphatic carbocycles. The summed E-state index contributed by atoms with van der Waals surface area (Å²) in [6, 6.07) is 0. The van der Waals surface area contributed by atoms with Crippen molar-refractivity contribution >= 4 is 5.97 Å². The molecule has 0 aliphatic heterocycles. The Bertz CT molecular complexity index is 349. The fraction of sp³-hybridized carbons (Fsp3) is 0.955. The zero-order valence-corrected chi connectivity index (χ0v) is 18.5. The number of carboxylic acids is 1. The Kier molecular flexibility index (Phi) is 14.9. The number of carboxylic acid groups (broad SMARTS) is 1. The number of carbonyl (C=O) groups is 1. The van der Waals surface area contributed by atoms with Gasteiger partial charge in [-0.15, -0.1) is 0 Å². The summed E-state index contributed by atoms with van der Waals surface area (Å²) >= 11 is 0. The molecule has 0 aromatic carbocycles. The Labute approximate surface area is 168 Å². The van der Waals surface area contributed by atoms with Crippen LogP contribution in [0.15, 0.2) is 0 Å². The third-order valence-corrected chi connectivity index (χ3v) is 5.66. The summed E-state index contributed by atoms with van der Waals surface area (Å²) in [5.74, 6) is -0.765. The van der Waals surface area contributed by atoms with E-state index >= 15 is 0 Å². The van der Waals surface area contributed by atoms with Gasteiger partial charge in [-0.3, -0.25) is 9.69 Å². The second-order valence-corrected chi connectivity index (χ2v) is 8.26. The van der Waals surface area contributed by atoms with Gasteiger partial charge in [0.1, 0.15) is 5.54 Å². The predicted octanol–water partition coefficient (Wildman–Crippen LogP) is 5.22. The molecule has 0 rings (SSSR count). The van der Waals surface area contributed by atoms with Crippen molar-refractivity contribution in [2.24, 2.45) is 11.5 Å². The van der Waals surface area contributed by atoms with Crippen LogP contribution >= 0.6 is 0 Å². The van der Waals surface area contributed by atoms with Crippen LogP contribution in [0.3, 0.4) is 0 Å². The lowest BCUT2D eigenvalue weighted by molar-refractivity contribution is -0.157. The molecule has 0 fully saturated rings. The first-order valence-corrected chi connectivity index (χ1v) is 11.4. The van der Waals surface area contributed by atoms with E-state index in [1.54, 1.807) is 0 Å². The Morgan fingerprint density at radius 3 is 1.41 bits per heavy atom. The van der Waals surface area contributed by atoms with Crippen molar-refractivity contribution < 1.29 is 9.90 Å². The summed E-state index contributed by atoms with van der Waals surface area (Å²) in [6.07, 6.45) is 14.3. The van der Waals surface area contributed by atoms with Gasteiger partial charge in [0.25, 0.3) is 0 Å². The highest BCUT2D eigenvalue weighted by Gasteiger charge is 2.45. The fourth-order valence-electron chi connectivity index (χ4n) is 4.25. The molecule has 0 aromatic heterocycles. The van der Waals surface area contributed by atoms with Gasteiger partial charge in [0.05, 0.1) is 12.3 Å². The van der Waals surface area contributed by atoms with Crippen molar-refractivity contribution in [1.82, 2.24) is 4.90 Å². The molecular formula is C22H47N3O2. The van der Waals surface area contributed by atoms with Crippen LogP contribution in [0.1, 0.15) is 118 Å². The van der Waals surface area contributed by atoms with Crippen molar-refractivity contribution in [3.05, 3.63) is 0 Å². The van der Waals surface area contributed by atoms with E-state index in [0.29, 0.717) is 12.8 Å². The molecule has 5 nitrogen and oxygen atoms in total. The molecule has 0 heterocycles. The first-order valence-electron chi connectivity index (χ1n) is 11.4. The molecule has 0 aromatic rings. The van der Waals surface area contributed by atoms with Gasteiger partial charge in [-0.2, -0.15) is 0 Å². The minimum atomic E-state index is -0.947. The van der Waals surface area contributed by atoms with Gasteiger partial charge in [-0.1, -0.05) is 90.9 Å². The Hall–Kier alpha value is -0.650. The van der Waals surface area contributed by atoms with Crippen LogP contribution < -0.4 is 11.5 Å². The lowest BCUT2D eigenvalue weighted by Gasteiger charge is -2.45. The minimum Gasteiger partial charge on any atom is -0.480 e. The summed E-state index contributed by atoms with van der Waals surface area (Å²) < 4.78 is 0. The van der Waals surface area contributed by atoms with E-state index in [4.69, 9.17) is 11.5 Å². The molecule has 5 heteroatoms. The van der Waals surface area contributed by atoms with Crippen LogP contribution in [-0.2, 0) is 4.79 Å². The molecule has 27 heavy (non-hydrogen) atoms. The summed E-state index contributed by atoms with van der Waals surface area (Å²) in [5, 5.41) is 10.2. The first-order chi connectivity index (χ1) is 12.8. The van der Waals surface area contributed by atoms with Crippen LogP contribution in [0, 0.1) is 0 Å². The Morgan fingerprint density at radius 1 is 0.778 bits per heavy atom. The highest BCUT2D eigenvalue weighted by Crippen LogP contribution is 2.32. The average molecular weight is 386 g/mol. The minimum absolute atomic E-state index is 0.374. The maximum atomic E-state index is 12.5. The van der Waals surface area contributed by atoms with Crippen molar-refractivity contribution in [2.75, 3.05) is 0 Å². The highest BCUT2D eigenvalue weighted by molar-refractivity contribution is 5.79. The molecule has 0 radical (unpaired) electrons. The standard InChI is InChI=1S/C22H47N3O2/c1-5-7-9-11-13-15-17-22(21(26)27,25(19(3)23)20(4)24)18-16-14-12-10-8-6-2/h19-20H,5-18,23-24H2,1-4H3,(H,26,27). The fourth-order valence-corrected chi connectivity index (χ4v) is 4.25. The van der Waals surface area contributed by atoms with Gasteiger partial charge in [0, 0.05) is 0 Å². The number of unbranched alkanes of at least 4 members (excludes halogenated alkanes) is 10. The lowest BCUT2D eigenvalue weighted by Crippen LogP contribution is -2.65. The van der Waals surface area contributed by atoms with Gasteiger partial charge in [0.2, 0.25) is 0 Å². The summed E-state index contributed by atoms with van der Waals surface area (Å²) in [6.45, 7) is 8.12. The van der Waals surface area contributed by atoms with Crippen molar-refractivity contribution in [3.63, 3.8) is 0 Å². The first kappa shape index (κ1) is 26.4. The molecule has 2 unspecified atom stereocenters. The van der Waals surface area contributed by atoms with E-state index in [2.05, 4.69) is 13.8 Å². The predicted molar refractivity (Wildman–Crippen MR) is 115 cm³/mol. The van der Waals surface area contributed by atoms with Crippen molar-refractivity contribution in [3.8, 4) is 0 Å². The number of rotatable bonds is 18. The second-order valence-electron chi connectivity index (χ2n) is 8.26. The molecule has 0 spiro atoms. The highest BCUT2D eigenvalue weighted by atomic mass is 16.4. The van der Waals surface area contributed by atoms with Gasteiger partial charge >= 0.3 is 5.97 Å². The normalized spacial score (nSPS) is 14.5. The van der Waals surface area contributed by atoms with Crippen LogP contribution in [0.4, 0.5) is 0 Å². The Morgan fingerprint density at radius 2 is 1.11 bits per heavy atom. The maximum absolute atomic E-state index is 12.5. The average Bonchev–Trinajstić information content (AvgIpc) is 2.59. The van der Waals surface area contributed by atoms with Crippen molar-refractivity contribution in [1.29, 1.82) is 0 Å². The summed E-state index contributed by atoms with van der Waals surface area (Å²) in [4.78, 5) is 14.3. The van der Waals surface area contributed by atoms with Gasteiger partial charge in [0.15, 0.2) is 0 Å². The third-order valence-electron chi connectivity index (χ3n) is 5.66. The molecule has 2 atom stereocenters. The molecule has 0 aliphatic rings. The number of aliphatic carboxylic acids is 1. The van der Waals surface area contributed by atoms with Crippen molar-refractivity contribution in [2.45, 2.75) is 135 Å². The molecule has 0 saturated heterocycles. The smallest absolute Gasteiger partial charge is 0.324 e. The number of hydrogen-bond acceptors (Lipinski definition) is 4. The number of nitrogens with zero attached hydrogens (tertiary/aromatic N) is 1. The number of nitrogens with two attached hydrogens (primary N) is 2. The summed E-state index contributed by atoms with van der Waals surface area (Å²) in [5.41, 5.74) is 11.4. The van der Waals surface area contributed by atoms with E-state index < -0.39 is 11.5 Å². The zero-order valence-electron chi connectivity index (χ0n) is 18.5. The third kappa shape index (κ3) is 9.91.